The van der Waals surface area contributed by atoms with E-state index in [1.165, 1.54) is 0 Å². The zero-order valence-electron chi connectivity index (χ0n) is 13.2. The molecule has 2 amide bonds. The van der Waals surface area contributed by atoms with E-state index in [4.69, 9.17) is 0 Å². The summed E-state index contributed by atoms with van der Waals surface area (Å²) in [5, 5.41) is 3.00. The summed E-state index contributed by atoms with van der Waals surface area (Å²) in [5.41, 5.74) is 2.58. The molecular weight excluding hydrogens is 320 g/mol. The third kappa shape index (κ3) is 3.17. The van der Waals surface area contributed by atoms with Crippen molar-refractivity contribution in [1.29, 1.82) is 0 Å². The number of carbonyl (C=O) groups excluding carboxylic acids is 2. The van der Waals surface area contributed by atoms with Crippen LogP contribution in [0.4, 0.5) is 5.69 Å². The lowest BCUT2D eigenvalue weighted by Crippen LogP contribution is -2.34. The molecule has 2 aromatic rings. The minimum atomic E-state index is -0.0275. The van der Waals surface area contributed by atoms with Crippen molar-refractivity contribution in [3.8, 4) is 0 Å². The highest BCUT2D eigenvalue weighted by Gasteiger charge is 2.26. The molecule has 0 bridgehead atoms. The Balaban J connectivity index is 1.56. The largest absolute Gasteiger partial charge is 0.349 e. The average molecular weight is 338 g/mol. The fourth-order valence-corrected chi connectivity index (χ4v) is 3.75. The van der Waals surface area contributed by atoms with E-state index in [2.05, 4.69) is 5.32 Å². The molecule has 1 aliphatic heterocycles. The molecule has 0 aromatic heterocycles. The van der Waals surface area contributed by atoms with Gasteiger partial charge in [0.2, 0.25) is 5.91 Å². The normalized spacial score (nSPS) is 16.7. The third-order valence-corrected chi connectivity index (χ3v) is 5.30. The number of benzene rings is 2. The summed E-state index contributed by atoms with van der Waals surface area (Å²) in [6.07, 6.45) is 2.14. The molecule has 0 unspecified atom stereocenters. The standard InChI is InChI=1S/C19H18N2O2S/c22-18-12-24-17-7-2-1-6-16(17)21(18)11-13-4-3-5-14(10-13)19(23)20-15-8-9-15/h1-7,10,15H,8-9,11-12H2,(H,20,23). The van der Waals surface area contributed by atoms with E-state index in [1.54, 1.807) is 11.8 Å². The number of carbonyl (C=O) groups is 2. The SMILES string of the molecule is O=C(NC1CC1)c1cccc(CN2C(=O)CSc3ccccc32)c1. The molecule has 122 valence electrons. The Morgan fingerprint density at radius 3 is 2.83 bits per heavy atom. The molecule has 4 nitrogen and oxygen atoms in total. The summed E-state index contributed by atoms with van der Waals surface area (Å²) in [5.74, 6) is 0.533. The summed E-state index contributed by atoms with van der Waals surface area (Å²) < 4.78 is 0. The lowest BCUT2D eigenvalue weighted by Gasteiger charge is -2.29. The van der Waals surface area contributed by atoms with E-state index >= 15 is 0 Å². The zero-order chi connectivity index (χ0) is 16.5. The van der Waals surface area contributed by atoms with Gasteiger partial charge >= 0.3 is 0 Å². The number of amides is 2. The molecule has 24 heavy (non-hydrogen) atoms. The van der Waals surface area contributed by atoms with Crippen molar-refractivity contribution in [2.45, 2.75) is 30.3 Å². The fraction of sp³-hybridized carbons (Fsp3) is 0.263. The Bertz CT molecular complexity index is 801. The Morgan fingerprint density at radius 2 is 2.00 bits per heavy atom. The van der Waals surface area contributed by atoms with Crippen LogP contribution in [-0.4, -0.2) is 23.6 Å². The highest BCUT2D eigenvalue weighted by atomic mass is 32.2. The quantitative estimate of drug-likeness (QED) is 0.931. The summed E-state index contributed by atoms with van der Waals surface area (Å²) in [7, 11) is 0. The number of anilines is 1. The van der Waals surface area contributed by atoms with Crippen molar-refractivity contribution in [1.82, 2.24) is 5.32 Å². The first-order chi connectivity index (χ1) is 11.7. The molecule has 1 fully saturated rings. The third-order valence-electron chi connectivity index (χ3n) is 4.25. The summed E-state index contributed by atoms with van der Waals surface area (Å²) in [4.78, 5) is 27.5. The summed E-state index contributed by atoms with van der Waals surface area (Å²) in [6.45, 7) is 0.487. The van der Waals surface area contributed by atoms with Crippen LogP contribution in [-0.2, 0) is 11.3 Å². The van der Waals surface area contributed by atoms with Gasteiger partial charge in [-0.05, 0) is 42.7 Å². The number of fused-ring (bicyclic) bond motifs is 1. The highest BCUT2D eigenvalue weighted by molar-refractivity contribution is 8.00. The van der Waals surface area contributed by atoms with Gasteiger partial charge in [-0.2, -0.15) is 0 Å². The maximum absolute atomic E-state index is 12.4. The van der Waals surface area contributed by atoms with Gasteiger partial charge in [0.25, 0.3) is 5.91 Å². The van der Waals surface area contributed by atoms with Gasteiger partial charge in [-0.25, -0.2) is 0 Å². The van der Waals surface area contributed by atoms with E-state index in [1.807, 2.05) is 53.4 Å². The van der Waals surface area contributed by atoms with E-state index < -0.39 is 0 Å². The Kier molecular flexibility index (Phi) is 4.02. The molecule has 1 saturated carbocycles. The van der Waals surface area contributed by atoms with Crippen LogP contribution in [0.3, 0.4) is 0 Å². The number of hydrogen-bond acceptors (Lipinski definition) is 3. The number of thioether (sulfide) groups is 1. The van der Waals surface area contributed by atoms with E-state index in [0.29, 0.717) is 23.9 Å². The highest BCUT2D eigenvalue weighted by Crippen LogP contribution is 2.35. The molecule has 0 saturated heterocycles. The van der Waals surface area contributed by atoms with Crippen molar-refractivity contribution in [2.24, 2.45) is 0 Å². The van der Waals surface area contributed by atoms with Gasteiger partial charge in [0.05, 0.1) is 18.0 Å². The van der Waals surface area contributed by atoms with Gasteiger partial charge in [0.1, 0.15) is 0 Å². The van der Waals surface area contributed by atoms with Gasteiger partial charge in [-0.15, -0.1) is 11.8 Å². The molecule has 1 heterocycles. The molecule has 2 aliphatic rings. The van der Waals surface area contributed by atoms with Gasteiger partial charge in [0, 0.05) is 16.5 Å². The minimum Gasteiger partial charge on any atom is -0.349 e. The molecule has 1 N–H and O–H groups in total. The molecular formula is C19H18N2O2S. The second kappa shape index (κ2) is 6.32. The molecule has 2 aromatic carbocycles. The molecule has 4 rings (SSSR count). The smallest absolute Gasteiger partial charge is 0.251 e. The molecule has 5 heteroatoms. The van der Waals surface area contributed by atoms with Crippen LogP contribution in [0.25, 0.3) is 0 Å². The first-order valence-corrected chi connectivity index (χ1v) is 9.11. The van der Waals surface area contributed by atoms with Crippen molar-refractivity contribution in [3.05, 3.63) is 59.7 Å². The Hall–Kier alpha value is -2.27. The predicted molar refractivity (Wildman–Crippen MR) is 95.3 cm³/mol. The van der Waals surface area contributed by atoms with Gasteiger partial charge < -0.3 is 10.2 Å². The molecule has 1 aliphatic carbocycles. The lowest BCUT2D eigenvalue weighted by molar-refractivity contribution is -0.116. The molecule has 0 atom stereocenters. The van der Waals surface area contributed by atoms with Crippen LogP contribution >= 0.6 is 11.8 Å². The van der Waals surface area contributed by atoms with Crippen molar-refractivity contribution in [2.75, 3.05) is 10.7 Å². The average Bonchev–Trinajstić information content (AvgIpc) is 3.42. The van der Waals surface area contributed by atoms with E-state index in [9.17, 15) is 9.59 Å². The van der Waals surface area contributed by atoms with Crippen LogP contribution in [0.15, 0.2) is 53.4 Å². The predicted octanol–water partition coefficient (Wildman–Crippen LogP) is 3.22. The number of para-hydroxylation sites is 1. The van der Waals surface area contributed by atoms with Gasteiger partial charge in [-0.1, -0.05) is 24.3 Å². The first-order valence-electron chi connectivity index (χ1n) is 8.13. The van der Waals surface area contributed by atoms with Crippen molar-refractivity contribution >= 4 is 29.3 Å². The van der Waals surface area contributed by atoms with E-state index in [0.717, 1.165) is 29.0 Å². The maximum Gasteiger partial charge on any atom is 0.251 e. The van der Waals surface area contributed by atoms with E-state index in [-0.39, 0.29) is 11.8 Å². The van der Waals surface area contributed by atoms with Crippen molar-refractivity contribution in [3.63, 3.8) is 0 Å². The molecule has 0 radical (unpaired) electrons. The van der Waals surface area contributed by atoms with Crippen LogP contribution in [0, 0.1) is 0 Å². The van der Waals surface area contributed by atoms with Crippen LogP contribution in [0.5, 0.6) is 0 Å². The van der Waals surface area contributed by atoms with Crippen LogP contribution in [0.2, 0.25) is 0 Å². The monoisotopic (exact) mass is 338 g/mol. The van der Waals surface area contributed by atoms with Crippen LogP contribution < -0.4 is 10.2 Å². The van der Waals surface area contributed by atoms with Gasteiger partial charge in [-0.3, -0.25) is 9.59 Å². The zero-order valence-corrected chi connectivity index (χ0v) is 14.0. The number of nitrogens with one attached hydrogen (secondary N) is 1. The summed E-state index contributed by atoms with van der Waals surface area (Å²) in [6, 6.07) is 15.8. The number of rotatable bonds is 4. The Labute approximate surface area is 145 Å². The lowest BCUT2D eigenvalue weighted by atomic mass is 10.1. The number of hydrogen-bond donors (Lipinski definition) is 1. The maximum atomic E-state index is 12.4. The minimum absolute atomic E-state index is 0.0275. The fourth-order valence-electron chi connectivity index (χ4n) is 2.82. The summed E-state index contributed by atoms with van der Waals surface area (Å²) >= 11 is 1.58. The van der Waals surface area contributed by atoms with Crippen LogP contribution in [0.1, 0.15) is 28.8 Å². The van der Waals surface area contributed by atoms with Gasteiger partial charge in [0.15, 0.2) is 0 Å². The second-order valence-electron chi connectivity index (χ2n) is 6.18. The van der Waals surface area contributed by atoms with Crippen molar-refractivity contribution < 1.29 is 9.59 Å². The topological polar surface area (TPSA) is 49.4 Å². The Morgan fingerprint density at radius 1 is 1.17 bits per heavy atom. The second-order valence-corrected chi connectivity index (χ2v) is 7.20. The first kappa shape index (κ1) is 15.3. The number of nitrogens with zero attached hydrogens (tertiary/aromatic N) is 1. The molecule has 0 spiro atoms.